The van der Waals surface area contributed by atoms with Gasteiger partial charge in [0.2, 0.25) is 10.0 Å². The molecule has 5 heteroatoms. The van der Waals surface area contributed by atoms with Crippen LogP contribution in [0.25, 0.3) is 0 Å². The number of phenolic OH excluding ortho intramolecular Hbond substituents is 1. The van der Waals surface area contributed by atoms with E-state index in [2.05, 4.69) is 4.72 Å². The molecule has 0 spiro atoms. The molecule has 1 aromatic carbocycles. The van der Waals surface area contributed by atoms with E-state index in [4.69, 9.17) is 0 Å². The molecule has 2 N–H and O–H groups in total. The minimum absolute atomic E-state index is 0.0342. The zero-order valence-corrected chi connectivity index (χ0v) is 11.2. The summed E-state index contributed by atoms with van der Waals surface area (Å²) in [6.07, 6.45) is 0.565. The molecular formula is C12H19NO3S. The van der Waals surface area contributed by atoms with Gasteiger partial charge >= 0.3 is 0 Å². The first-order valence-corrected chi connectivity index (χ1v) is 7.13. The van der Waals surface area contributed by atoms with Gasteiger partial charge in [-0.3, -0.25) is 4.72 Å². The fraction of sp³-hybridized carbons (Fsp3) is 0.500. The summed E-state index contributed by atoms with van der Waals surface area (Å²) in [5.41, 5.74) is 0.189. The minimum atomic E-state index is -3.40. The number of hydrogen-bond acceptors (Lipinski definition) is 3. The minimum Gasteiger partial charge on any atom is -0.506 e. The average Bonchev–Trinajstić information content (AvgIpc) is 2.18. The molecule has 0 unspecified atom stereocenters. The monoisotopic (exact) mass is 257 g/mol. The third-order valence-corrected chi connectivity index (χ3v) is 3.56. The number of aromatic hydroxyl groups is 1. The Balaban J connectivity index is 2.71. The average molecular weight is 257 g/mol. The van der Waals surface area contributed by atoms with Crippen LogP contribution in [0, 0.1) is 5.41 Å². The standard InChI is InChI=1S/C12H19NO3S/c1-12(2,3)8-9-17(15,16)13-10-6-4-5-7-11(10)14/h4-7,13-14H,8-9H2,1-3H3. The Hall–Kier alpha value is -1.23. The molecule has 96 valence electrons. The van der Waals surface area contributed by atoms with Crippen LogP contribution in [-0.2, 0) is 10.0 Å². The summed E-state index contributed by atoms with van der Waals surface area (Å²) in [5, 5.41) is 9.47. The van der Waals surface area contributed by atoms with Gasteiger partial charge in [-0.2, -0.15) is 0 Å². The van der Waals surface area contributed by atoms with Gasteiger partial charge in [-0.1, -0.05) is 32.9 Å². The maximum Gasteiger partial charge on any atom is 0.232 e. The van der Waals surface area contributed by atoms with Gasteiger partial charge in [0.15, 0.2) is 0 Å². The lowest BCUT2D eigenvalue weighted by atomic mass is 9.94. The van der Waals surface area contributed by atoms with E-state index in [9.17, 15) is 13.5 Å². The first kappa shape index (κ1) is 13.8. The molecule has 0 atom stereocenters. The van der Waals surface area contributed by atoms with Crippen LogP contribution in [0.15, 0.2) is 24.3 Å². The van der Waals surface area contributed by atoms with Crippen molar-refractivity contribution in [3.63, 3.8) is 0 Å². The molecule has 17 heavy (non-hydrogen) atoms. The van der Waals surface area contributed by atoms with Crippen molar-refractivity contribution in [2.24, 2.45) is 5.41 Å². The van der Waals surface area contributed by atoms with Crippen LogP contribution in [-0.4, -0.2) is 19.3 Å². The summed E-state index contributed by atoms with van der Waals surface area (Å²) >= 11 is 0. The summed E-state index contributed by atoms with van der Waals surface area (Å²) in [5.74, 6) is -0.0167. The highest BCUT2D eigenvalue weighted by Crippen LogP contribution is 2.24. The summed E-state index contributed by atoms with van der Waals surface area (Å²) in [6.45, 7) is 5.97. The molecule has 0 bridgehead atoms. The van der Waals surface area contributed by atoms with E-state index in [1.54, 1.807) is 12.1 Å². The van der Waals surface area contributed by atoms with Crippen LogP contribution >= 0.6 is 0 Å². The lowest BCUT2D eigenvalue weighted by Gasteiger charge is -2.18. The molecule has 0 saturated carbocycles. The SMILES string of the molecule is CC(C)(C)CCS(=O)(=O)Nc1ccccc1O. The van der Waals surface area contributed by atoms with Crippen molar-refractivity contribution in [2.75, 3.05) is 10.5 Å². The Morgan fingerprint density at radius 3 is 2.35 bits per heavy atom. The van der Waals surface area contributed by atoms with Crippen molar-refractivity contribution in [1.82, 2.24) is 0 Å². The highest BCUT2D eigenvalue weighted by atomic mass is 32.2. The molecule has 0 aliphatic rings. The number of phenols is 1. The number of anilines is 1. The van der Waals surface area contributed by atoms with Gasteiger partial charge in [-0.05, 0) is 24.0 Å². The van der Waals surface area contributed by atoms with Gasteiger partial charge in [-0.25, -0.2) is 8.42 Å². The maximum absolute atomic E-state index is 11.8. The first-order chi connectivity index (χ1) is 7.70. The van der Waals surface area contributed by atoms with Gasteiger partial charge < -0.3 is 5.11 Å². The van der Waals surface area contributed by atoms with E-state index in [0.717, 1.165) is 0 Å². The third-order valence-electron chi connectivity index (χ3n) is 2.29. The first-order valence-electron chi connectivity index (χ1n) is 5.48. The lowest BCUT2D eigenvalue weighted by molar-refractivity contribution is 0.397. The molecule has 0 radical (unpaired) electrons. The summed E-state index contributed by atoms with van der Waals surface area (Å²) in [7, 11) is -3.40. The highest BCUT2D eigenvalue weighted by Gasteiger charge is 2.18. The second kappa shape index (κ2) is 4.96. The van der Waals surface area contributed by atoms with Crippen LogP contribution in [0.3, 0.4) is 0 Å². The van der Waals surface area contributed by atoms with Gasteiger partial charge in [0.05, 0.1) is 11.4 Å². The topological polar surface area (TPSA) is 66.4 Å². The predicted molar refractivity (Wildman–Crippen MR) is 69.6 cm³/mol. The van der Waals surface area contributed by atoms with Crippen molar-refractivity contribution < 1.29 is 13.5 Å². The van der Waals surface area contributed by atoms with E-state index in [-0.39, 0.29) is 22.6 Å². The lowest BCUT2D eigenvalue weighted by Crippen LogP contribution is -2.20. The van der Waals surface area contributed by atoms with E-state index in [1.165, 1.54) is 12.1 Å². The smallest absolute Gasteiger partial charge is 0.232 e. The molecular weight excluding hydrogens is 238 g/mol. The number of nitrogens with one attached hydrogen (secondary N) is 1. The van der Waals surface area contributed by atoms with Gasteiger partial charge in [0.1, 0.15) is 5.75 Å². The molecule has 0 aliphatic carbocycles. The summed E-state index contributed by atoms with van der Waals surface area (Å²) < 4.78 is 25.9. The van der Waals surface area contributed by atoms with Crippen molar-refractivity contribution in [3.8, 4) is 5.75 Å². The molecule has 0 heterocycles. The number of para-hydroxylation sites is 2. The van der Waals surface area contributed by atoms with Crippen LogP contribution in [0.5, 0.6) is 5.75 Å². The Bertz CT molecular complexity index is 475. The quantitative estimate of drug-likeness (QED) is 0.815. The predicted octanol–water partition coefficient (Wildman–Crippen LogP) is 2.57. The van der Waals surface area contributed by atoms with E-state index < -0.39 is 10.0 Å². The van der Waals surface area contributed by atoms with E-state index >= 15 is 0 Å². The van der Waals surface area contributed by atoms with E-state index in [1.807, 2.05) is 20.8 Å². The largest absolute Gasteiger partial charge is 0.506 e. The van der Waals surface area contributed by atoms with Crippen molar-refractivity contribution in [3.05, 3.63) is 24.3 Å². The maximum atomic E-state index is 11.8. The molecule has 0 aliphatic heterocycles. The number of sulfonamides is 1. The molecule has 0 fully saturated rings. The second-order valence-electron chi connectivity index (χ2n) is 5.25. The molecule has 1 rings (SSSR count). The molecule has 0 saturated heterocycles. The normalized spacial score (nSPS) is 12.4. The number of rotatable bonds is 4. The fourth-order valence-electron chi connectivity index (χ4n) is 1.22. The Labute approximate surface area is 103 Å². The van der Waals surface area contributed by atoms with Crippen LogP contribution in [0.2, 0.25) is 0 Å². The van der Waals surface area contributed by atoms with Crippen LogP contribution in [0.4, 0.5) is 5.69 Å². The van der Waals surface area contributed by atoms with Gasteiger partial charge in [-0.15, -0.1) is 0 Å². The molecule has 0 aromatic heterocycles. The van der Waals surface area contributed by atoms with Gasteiger partial charge in [0.25, 0.3) is 0 Å². The fourth-order valence-corrected chi connectivity index (χ4v) is 2.71. The number of benzene rings is 1. The zero-order valence-electron chi connectivity index (χ0n) is 10.4. The molecule has 1 aromatic rings. The Kier molecular flexibility index (Phi) is 4.03. The molecule has 0 amide bonds. The van der Waals surface area contributed by atoms with Crippen LogP contribution in [0.1, 0.15) is 27.2 Å². The molecule has 4 nitrogen and oxygen atoms in total. The van der Waals surface area contributed by atoms with Crippen molar-refractivity contribution >= 4 is 15.7 Å². The zero-order chi connectivity index (χ0) is 13.1. The second-order valence-corrected chi connectivity index (χ2v) is 7.09. The Morgan fingerprint density at radius 2 is 1.82 bits per heavy atom. The summed E-state index contributed by atoms with van der Waals surface area (Å²) in [4.78, 5) is 0. The van der Waals surface area contributed by atoms with Gasteiger partial charge in [0, 0.05) is 0 Å². The van der Waals surface area contributed by atoms with Crippen molar-refractivity contribution in [2.45, 2.75) is 27.2 Å². The van der Waals surface area contributed by atoms with E-state index in [0.29, 0.717) is 6.42 Å². The Morgan fingerprint density at radius 1 is 1.24 bits per heavy atom. The summed E-state index contributed by atoms with van der Waals surface area (Å²) in [6, 6.07) is 6.29. The highest BCUT2D eigenvalue weighted by molar-refractivity contribution is 7.92. The third kappa shape index (κ3) is 5.08. The number of hydrogen-bond donors (Lipinski definition) is 2. The van der Waals surface area contributed by atoms with Crippen molar-refractivity contribution in [1.29, 1.82) is 0 Å². The van der Waals surface area contributed by atoms with Crippen LogP contribution < -0.4 is 4.72 Å².